The van der Waals surface area contributed by atoms with Gasteiger partial charge in [0.05, 0.1) is 10.7 Å². The van der Waals surface area contributed by atoms with Crippen LogP contribution in [0.4, 0.5) is 0 Å². The van der Waals surface area contributed by atoms with Crippen molar-refractivity contribution in [3.63, 3.8) is 0 Å². The van der Waals surface area contributed by atoms with E-state index in [0.29, 0.717) is 5.75 Å². The van der Waals surface area contributed by atoms with Crippen molar-refractivity contribution in [1.29, 1.82) is 0 Å². The van der Waals surface area contributed by atoms with Gasteiger partial charge in [0.25, 0.3) is 5.91 Å². The number of hydrogen-bond acceptors (Lipinski definition) is 4. The van der Waals surface area contributed by atoms with E-state index in [-0.39, 0.29) is 17.9 Å². The van der Waals surface area contributed by atoms with Crippen LogP contribution >= 0.6 is 27.3 Å². The highest BCUT2D eigenvalue weighted by atomic mass is 79.9. The normalized spacial score (nSPS) is 11.7. The van der Waals surface area contributed by atoms with E-state index in [4.69, 9.17) is 4.74 Å². The zero-order valence-electron chi connectivity index (χ0n) is 13.3. The van der Waals surface area contributed by atoms with Crippen molar-refractivity contribution >= 4 is 39.4 Å². The summed E-state index contributed by atoms with van der Waals surface area (Å²) in [6.07, 6.45) is 1.61. The summed E-state index contributed by atoms with van der Waals surface area (Å²) in [7, 11) is 0. The van der Waals surface area contributed by atoms with Crippen LogP contribution in [0.5, 0.6) is 5.75 Å². The van der Waals surface area contributed by atoms with Crippen molar-refractivity contribution in [2.75, 3.05) is 6.61 Å². The van der Waals surface area contributed by atoms with Gasteiger partial charge in [-0.25, -0.2) is 5.43 Å². The number of hydrazone groups is 1. The van der Waals surface area contributed by atoms with Gasteiger partial charge in [-0.2, -0.15) is 5.10 Å². The van der Waals surface area contributed by atoms with E-state index >= 15 is 0 Å². The minimum atomic E-state index is -0.301. The Labute approximate surface area is 148 Å². The molecule has 1 heterocycles. The Bertz CT molecular complexity index is 691. The van der Waals surface area contributed by atoms with Crippen LogP contribution in [0, 0.1) is 0 Å². The first kappa shape index (κ1) is 17.7. The first-order chi connectivity index (χ1) is 10.9. The van der Waals surface area contributed by atoms with E-state index in [1.165, 1.54) is 5.56 Å². The van der Waals surface area contributed by atoms with Gasteiger partial charge in [-0.1, -0.05) is 32.9 Å². The Balaban J connectivity index is 1.87. The molecule has 0 unspecified atom stereocenters. The summed E-state index contributed by atoms with van der Waals surface area (Å²) >= 11 is 5.04. The third-order valence-electron chi connectivity index (χ3n) is 3.08. The van der Waals surface area contributed by atoms with E-state index in [0.717, 1.165) is 9.35 Å². The van der Waals surface area contributed by atoms with E-state index in [9.17, 15) is 4.79 Å². The molecule has 0 spiro atoms. The Morgan fingerprint density at radius 2 is 2.17 bits per heavy atom. The SMILES string of the molecule is CC(C)(C)c1ccc(OCC(=O)NN=Cc2cccs2)c(Br)c1. The molecule has 0 aliphatic rings. The second-order valence-electron chi connectivity index (χ2n) is 5.99. The van der Waals surface area contributed by atoms with Crippen LogP contribution < -0.4 is 10.2 Å². The van der Waals surface area contributed by atoms with Gasteiger partial charge in [0, 0.05) is 4.88 Å². The van der Waals surface area contributed by atoms with Gasteiger partial charge in [0.2, 0.25) is 0 Å². The van der Waals surface area contributed by atoms with Crippen LogP contribution in [0.15, 0.2) is 45.3 Å². The second-order valence-corrected chi connectivity index (χ2v) is 7.83. The van der Waals surface area contributed by atoms with Crippen molar-refractivity contribution < 1.29 is 9.53 Å². The van der Waals surface area contributed by atoms with E-state index in [1.807, 2.05) is 35.7 Å². The lowest BCUT2D eigenvalue weighted by Crippen LogP contribution is -2.24. The molecule has 2 aromatic rings. The first-order valence-electron chi connectivity index (χ1n) is 7.14. The van der Waals surface area contributed by atoms with Crippen molar-refractivity contribution in [2.24, 2.45) is 5.10 Å². The minimum absolute atomic E-state index is 0.0644. The van der Waals surface area contributed by atoms with Gasteiger partial charge < -0.3 is 4.74 Å². The fourth-order valence-electron chi connectivity index (χ4n) is 1.79. The molecule has 0 aliphatic heterocycles. The van der Waals surface area contributed by atoms with E-state index in [2.05, 4.69) is 47.2 Å². The number of thiophene rings is 1. The zero-order chi connectivity index (χ0) is 16.9. The van der Waals surface area contributed by atoms with Crippen LogP contribution in [0.1, 0.15) is 31.2 Å². The van der Waals surface area contributed by atoms with Gasteiger partial charge in [0.15, 0.2) is 6.61 Å². The number of hydrogen-bond donors (Lipinski definition) is 1. The molecule has 2 rings (SSSR count). The summed E-state index contributed by atoms with van der Waals surface area (Å²) in [4.78, 5) is 12.7. The average molecular weight is 395 g/mol. The Morgan fingerprint density at radius 1 is 1.39 bits per heavy atom. The number of ether oxygens (including phenoxy) is 1. The van der Waals surface area contributed by atoms with Crippen molar-refractivity contribution in [3.8, 4) is 5.75 Å². The van der Waals surface area contributed by atoms with E-state index in [1.54, 1.807) is 17.6 Å². The first-order valence-corrected chi connectivity index (χ1v) is 8.82. The third-order valence-corrected chi connectivity index (χ3v) is 4.51. The van der Waals surface area contributed by atoms with Crippen LogP contribution in [-0.4, -0.2) is 18.7 Å². The molecule has 6 heteroatoms. The molecule has 122 valence electrons. The predicted octanol–water partition coefficient (Wildman–Crippen LogP) is 4.34. The molecule has 4 nitrogen and oxygen atoms in total. The van der Waals surface area contributed by atoms with Crippen LogP contribution in [0.25, 0.3) is 0 Å². The summed E-state index contributed by atoms with van der Waals surface area (Å²) in [5.74, 6) is 0.333. The van der Waals surface area contributed by atoms with Gasteiger partial charge >= 0.3 is 0 Å². The Hall–Kier alpha value is -1.66. The van der Waals surface area contributed by atoms with Gasteiger partial charge in [-0.15, -0.1) is 11.3 Å². The number of carbonyl (C=O) groups excluding carboxylic acids is 1. The summed E-state index contributed by atoms with van der Waals surface area (Å²) < 4.78 is 6.36. The van der Waals surface area contributed by atoms with Gasteiger partial charge in [-0.3, -0.25) is 4.79 Å². The van der Waals surface area contributed by atoms with Crippen LogP contribution in [-0.2, 0) is 10.2 Å². The molecular weight excluding hydrogens is 376 g/mol. The number of amides is 1. The molecule has 0 saturated carbocycles. The summed E-state index contributed by atoms with van der Waals surface area (Å²) in [6.45, 7) is 6.35. The van der Waals surface area contributed by atoms with Crippen molar-refractivity contribution in [3.05, 3.63) is 50.6 Å². The molecule has 0 aliphatic carbocycles. The Morgan fingerprint density at radius 3 is 2.78 bits per heavy atom. The summed E-state index contributed by atoms with van der Waals surface area (Å²) in [6, 6.07) is 9.74. The smallest absolute Gasteiger partial charge is 0.277 e. The van der Waals surface area contributed by atoms with Gasteiger partial charge in [0.1, 0.15) is 5.75 Å². The predicted molar refractivity (Wildman–Crippen MR) is 98.4 cm³/mol. The third kappa shape index (κ3) is 5.48. The number of carbonyl (C=O) groups is 1. The highest BCUT2D eigenvalue weighted by Gasteiger charge is 2.15. The molecule has 1 aromatic carbocycles. The maximum absolute atomic E-state index is 11.7. The van der Waals surface area contributed by atoms with Gasteiger partial charge in [-0.05, 0) is 50.5 Å². The average Bonchev–Trinajstić information content (AvgIpc) is 2.98. The lowest BCUT2D eigenvalue weighted by Gasteiger charge is -2.20. The number of nitrogens with zero attached hydrogens (tertiary/aromatic N) is 1. The van der Waals surface area contributed by atoms with Crippen LogP contribution in [0.3, 0.4) is 0 Å². The highest BCUT2D eigenvalue weighted by Crippen LogP contribution is 2.31. The molecule has 0 atom stereocenters. The number of nitrogens with one attached hydrogen (secondary N) is 1. The largest absolute Gasteiger partial charge is 0.483 e. The molecule has 1 N–H and O–H groups in total. The number of halogens is 1. The minimum Gasteiger partial charge on any atom is -0.483 e. The molecular formula is C17H19BrN2O2S. The molecule has 23 heavy (non-hydrogen) atoms. The van der Waals surface area contributed by atoms with Crippen molar-refractivity contribution in [2.45, 2.75) is 26.2 Å². The van der Waals surface area contributed by atoms with Crippen LogP contribution in [0.2, 0.25) is 0 Å². The maximum Gasteiger partial charge on any atom is 0.277 e. The molecule has 0 saturated heterocycles. The molecule has 1 aromatic heterocycles. The Kier molecular flexibility index (Phi) is 5.96. The highest BCUT2D eigenvalue weighted by molar-refractivity contribution is 9.10. The topological polar surface area (TPSA) is 50.7 Å². The fourth-order valence-corrected chi connectivity index (χ4v) is 2.87. The number of rotatable bonds is 5. The number of benzene rings is 1. The molecule has 0 radical (unpaired) electrons. The van der Waals surface area contributed by atoms with E-state index < -0.39 is 0 Å². The quantitative estimate of drug-likeness (QED) is 0.605. The fraction of sp³-hybridized carbons (Fsp3) is 0.294. The lowest BCUT2D eigenvalue weighted by atomic mass is 9.87. The molecule has 1 amide bonds. The zero-order valence-corrected chi connectivity index (χ0v) is 15.7. The second kappa shape index (κ2) is 7.75. The standard InChI is InChI=1S/C17H19BrN2O2S/c1-17(2,3)12-6-7-15(14(18)9-12)22-11-16(21)20-19-10-13-5-4-8-23-13/h4-10H,11H2,1-3H3,(H,20,21). The van der Waals surface area contributed by atoms with Crippen molar-refractivity contribution in [1.82, 2.24) is 5.43 Å². The summed E-state index contributed by atoms with van der Waals surface area (Å²) in [5.41, 5.74) is 3.70. The maximum atomic E-state index is 11.7. The molecule has 0 fully saturated rings. The lowest BCUT2D eigenvalue weighted by molar-refractivity contribution is -0.123. The monoisotopic (exact) mass is 394 g/mol. The molecule has 0 bridgehead atoms. The summed E-state index contributed by atoms with van der Waals surface area (Å²) in [5, 5.41) is 5.84.